The Hall–Kier alpha value is -0.830. The summed E-state index contributed by atoms with van der Waals surface area (Å²) in [5.74, 6) is 0.484. The topological polar surface area (TPSA) is 43.8 Å². The van der Waals surface area contributed by atoms with E-state index in [1.54, 1.807) is 0 Å². The van der Waals surface area contributed by atoms with E-state index < -0.39 is 0 Å². The molecule has 0 aliphatic heterocycles. The molecule has 0 radical (unpaired) electrons. The molecule has 0 spiro atoms. The van der Waals surface area contributed by atoms with Crippen molar-refractivity contribution < 1.29 is 0 Å². The van der Waals surface area contributed by atoms with Gasteiger partial charge in [0.1, 0.15) is 0 Å². The molecule has 1 rings (SSSR count). The van der Waals surface area contributed by atoms with Crippen LogP contribution < -0.4 is 5.73 Å². The van der Waals surface area contributed by atoms with Crippen LogP contribution in [0.5, 0.6) is 0 Å². The summed E-state index contributed by atoms with van der Waals surface area (Å²) in [6, 6.07) is 2.18. The van der Waals surface area contributed by atoms with Gasteiger partial charge in [-0.3, -0.25) is 4.68 Å². The maximum atomic E-state index is 6.45. The van der Waals surface area contributed by atoms with E-state index >= 15 is 0 Å². The molecule has 1 aromatic rings. The Labute approximate surface area is 99.0 Å². The van der Waals surface area contributed by atoms with Crippen molar-refractivity contribution in [1.82, 2.24) is 9.78 Å². The summed E-state index contributed by atoms with van der Waals surface area (Å²) >= 11 is 0. The second-order valence-electron chi connectivity index (χ2n) is 5.02. The van der Waals surface area contributed by atoms with Gasteiger partial charge in [-0.25, -0.2) is 0 Å². The zero-order chi connectivity index (χ0) is 12.3. The van der Waals surface area contributed by atoms with Crippen LogP contribution in [0.4, 0.5) is 0 Å². The predicted molar refractivity (Wildman–Crippen MR) is 68.3 cm³/mol. The molecule has 1 heterocycles. The van der Waals surface area contributed by atoms with Crippen molar-refractivity contribution in [2.75, 3.05) is 0 Å². The number of aryl methyl sites for hydroxylation is 2. The standard InChI is InChI=1S/C13H25N3/c1-6-11-8-12(16(5)15-11)9-13(14,7-2)10(3)4/h8,10H,6-7,9,14H2,1-5H3. The Morgan fingerprint density at radius 2 is 2.06 bits per heavy atom. The second-order valence-corrected chi connectivity index (χ2v) is 5.02. The van der Waals surface area contributed by atoms with Crippen LogP contribution in [0, 0.1) is 5.92 Å². The van der Waals surface area contributed by atoms with Crippen molar-refractivity contribution >= 4 is 0 Å². The average molecular weight is 223 g/mol. The largest absolute Gasteiger partial charge is 0.325 e. The molecule has 0 saturated heterocycles. The Morgan fingerprint density at radius 3 is 2.44 bits per heavy atom. The molecule has 1 unspecified atom stereocenters. The lowest BCUT2D eigenvalue weighted by Gasteiger charge is -2.32. The zero-order valence-corrected chi connectivity index (χ0v) is 11.2. The average Bonchev–Trinajstić information content (AvgIpc) is 2.59. The van der Waals surface area contributed by atoms with Crippen molar-refractivity contribution in [3.63, 3.8) is 0 Å². The second kappa shape index (κ2) is 5.00. The summed E-state index contributed by atoms with van der Waals surface area (Å²) in [7, 11) is 2.00. The van der Waals surface area contributed by atoms with E-state index in [0.29, 0.717) is 5.92 Å². The number of nitrogens with zero attached hydrogens (tertiary/aromatic N) is 2. The van der Waals surface area contributed by atoms with Crippen molar-refractivity contribution in [2.45, 2.75) is 52.5 Å². The summed E-state index contributed by atoms with van der Waals surface area (Å²) in [4.78, 5) is 0. The van der Waals surface area contributed by atoms with Crippen LogP contribution in [0.1, 0.15) is 45.5 Å². The smallest absolute Gasteiger partial charge is 0.0624 e. The Bertz CT molecular complexity index is 341. The molecule has 0 saturated carbocycles. The van der Waals surface area contributed by atoms with Gasteiger partial charge in [0.05, 0.1) is 5.69 Å². The maximum Gasteiger partial charge on any atom is 0.0624 e. The van der Waals surface area contributed by atoms with E-state index in [4.69, 9.17) is 5.73 Å². The van der Waals surface area contributed by atoms with Gasteiger partial charge in [-0.1, -0.05) is 27.7 Å². The molecule has 16 heavy (non-hydrogen) atoms. The molecule has 3 heteroatoms. The Balaban J connectivity index is 2.89. The van der Waals surface area contributed by atoms with Gasteiger partial charge in [-0.15, -0.1) is 0 Å². The van der Waals surface area contributed by atoms with Gasteiger partial charge in [-0.05, 0) is 24.8 Å². The van der Waals surface area contributed by atoms with E-state index in [1.165, 1.54) is 5.69 Å². The monoisotopic (exact) mass is 223 g/mol. The van der Waals surface area contributed by atoms with Crippen molar-refractivity contribution in [3.8, 4) is 0 Å². The first kappa shape index (κ1) is 13.2. The highest BCUT2D eigenvalue weighted by atomic mass is 15.3. The zero-order valence-electron chi connectivity index (χ0n) is 11.2. The third kappa shape index (κ3) is 2.64. The number of hydrogen-bond acceptors (Lipinski definition) is 2. The fourth-order valence-corrected chi connectivity index (χ4v) is 1.98. The van der Waals surface area contributed by atoms with Crippen LogP contribution in [-0.4, -0.2) is 15.3 Å². The Kier molecular flexibility index (Phi) is 4.14. The van der Waals surface area contributed by atoms with Crippen LogP contribution in [0.25, 0.3) is 0 Å². The van der Waals surface area contributed by atoms with E-state index in [2.05, 4.69) is 38.9 Å². The molecule has 0 fully saturated rings. The number of rotatable bonds is 5. The molecule has 0 amide bonds. The molecule has 0 aromatic carbocycles. The summed E-state index contributed by atoms with van der Waals surface area (Å²) in [5.41, 5.74) is 8.74. The SMILES string of the molecule is CCc1cc(CC(N)(CC)C(C)C)n(C)n1. The molecule has 3 nitrogen and oxygen atoms in total. The summed E-state index contributed by atoms with van der Waals surface area (Å²) in [6.07, 6.45) is 2.89. The summed E-state index contributed by atoms with van der Waals surface area (Å²) in [5, 5.41) is 4.47. The number of aromatic nitrogens is 2. The minimum absolute atomic E-state index is 0.112. The molecule has 2 N–H and O–H groups in total. The Morgan fingerprint density at radius 1 is 1.44 bits per heavy atom. The molecule has 1 atom stereocenters. The van der Waals surface area contributed by atoms with Gasteiger partial charge in [-0.2, -0.15) is 5.10 Å². The third-order valence-corrected chi connectivity index (χ3v) is 3.71. The highest BCUT2D eigenvalue weighted by Gasteiger charge is 2.28. The number of hydrogen-bond donors (Lipinski definition) is 1. The quantitative estimate of drug-likeness (QED) is 0.832. The van der Waals surface area contributed by atoms with E-state index in [0.717, 1.165) is 25.0 Å². The van der Waals surface area contributed by atoms with Crippen LogP contribution in [0.3, 0.4) is 0 Å². The molecule has 0 aliphatic carbocycles. The van der Waals surface area contributed by atoms with Crippen LogP contribution in [0.15, 0.2) is 6.07 Å². The van der Waals surface area contributed by atoms with Gasteiger partial charge in [0.15, 0.2) is 0 Å². The van der Waals surface area contributed by atoms with Crippen molar-refractivity contribution in [3.05, 3.63) is 17.5 Å². The highest BCUT2D eigenvalue weighted by molar-refractivity contribution is 5.14. The summed E-state index contributed by atoms with van der Waals surface area (Å²) in [6.45, 7) is 8.68. The van der Waals surface area contributed by atoms with E-state index in [-0.39, 0.29) is 5.54 Å². The van der Waals surface area contributed by atoms with Gasteiger partial charge in [0.25, 0.3) is 0 Å². The lowest BCUT2D eigenvalue weighted by atomic mass is 9.81. The molecular formula is C13H25N3. The first-order valence-electron chi connectivity index (χ1n) is 6.23. The van der Waals surface area contributed by atoms with Crippen LogP contribution in [-0.2, 0) is 19.9 Å². The molecule has 92 valence electrons. The van der Waals surface area contributed by atoms with Crippen LogP contribution >= 0.6 is 0 Å². The third-order valence-electron chi connectivity index (χ3n) is 3.71. The highest BCUT2D eigenvalue weighted by Crippen LogP contribution is 2.23. The van der Waals surface area contributed by atoms with Crippen molar-refractivity contribution in [2.24, 2.45) is 18.7 Å². The first-order valence-corrected chi connectivity index (χ1v) is 6.23. The lowest BCUT2D eigenvalue weighted by molar-refractivity contribution is 0.290. The molecular weight excluding hydrogens is 198 g/mol. The van der Waals surface area contributed by atoms with Gasteiger partial charge >= 0.3 is 0 Å². The van der Waals surface area contributed by atoms with E-state index in [1.807, 2.05) is 11.7 Å². The summed E-state index contributed by atoms with van der Waals surface area (Å²) < 4.78 is 1.97. The first-order chi connectivity index (χ1) is 7.42. The van der Waals surface area contributed by atoms with Gasteiger partial charge in [0, 0.05) is 24.7 Å². The fraction of sp³-hybridized carbons (Fsp3) is 0.769. The van der Waals surface area contributed by atoms with E-state index in [9.17, 15) is 0 Å². The minimum atomic E-state index is -0.112. The fourth-order valence-electron chi connectivity index (χ4n) is 1.98. The van der Waals surface area contributed by atoms with Gasteiger partial charge < -0.3 is 5.73 Å². The minimum Gasteiger partial charge on any atom is -0.325 e. The molecule has 1 aromatic heterocycles. The normalized spacial score (nSPS) is 15.4. The lowest BCUT2D eigenvalue weighted by Crippen LogP contribution is -2.46. The molecule has 0 aliphatic rings. The number of nitrogens with two attached hydrogens (primary N) is 1. The maximum absolute atomic E-state index is 6.45. The molecule has 0 bridgehead atoms. The van der Waals surface area contributed by atoms with Crippen molar-refractivity contribution in [1.29, 1.82) is 0 Å². The predicted octanol–water partition coefficient (Wildman–Crippen LogP) is 2.29. The van der Waals surface area contributed by atoms with Crippen LogP contribution in [0.2, 0.25) is 0 Å². The van der Waals surface area contributed by atoms with Gasteiger partial charge in [0.2, 0.25) is 0 Å².